The van der Waals surface area contributed by atoms with Crippen LogP contribution in [0, 0.1) is 5.92 Å². The molecule has 30 heavy (non-hydrogen) atoms. The number of hydrogen-bond donors (Lipinski definition) is 3. The third kappa shape index (κ3) is 5.24. The van der Waals surface area contributed by atoms with Gasteiger partial charge in [0.15, 0.2) is 0 Å². The number of ether oxygens (including phenoxy) is 1. The van der Waals surface area contributed by atoms with E-state index in [0.29, 0.717) is 11.6 Å². The van der Waals surface area contributed by atoms with E-state index in [1.165, 1.54) is 6.26 Å². The maximum Gasteiger partial charge on any atom is 0.471 e. The maximum atomic E-state index is 12.8. The summed E-state index contributed by atoms with van der Waals surface area (Å²) in [6.45, 7) is 3.19. The zero-order chi connectivity index (χ0) is 21.1. The van der Waals surface area contributed by atoms with Gasteiger partial charge in [0, 0.05) is 24.6 Å². The number of rotatable bonds is 8. The number of benzene rings is 1. The monoisotopic (exact) mass is 436 g/mol. The van der Waals surface area contributed by atoms with Gasteiger partial charge in [-0.15, -0.1) is 0 Å². The molecule has 2 aliphatic heterocycles. The first-order valence-corrected chi connectivity index (χ1v) is 12.2. The van der Waals surface area contributed by atoms with E-state index in [4.69, 9.17) is 9.15 Å². The predicted octanol–water partition coefficient (Wildman–Crippen LogP) is 0.776. The van der Waals surface area contributed by atoms with Gasteiger partial charge >= 0.3 is 7.12 Å². The Morgan fingerprint density at radius 1 is 1.27 bits per heavy atom. The largest absolute Gasteiger partial charge is 0.471 e. The van der Waals surface area contributed by atoms with Gasteiger partial charge in [0.1, 0.15) is 5.58 Å². The van der Waals surface area contributed by atoms with E-state index >= 15 is 0 Å². The molecule has 2 unspecified atom stereocenters. The Balaban J connectivity index is 1.39. The second-order valence-corrected chi connectivity index (χ2v) is 10.2. The highest BCUT2D eigenvalue weighted by Crippen LogP contribution is 2.24. The molecule has 3 heterocycles. The average Bonchev–Trinajstić information content (AvgIpc) is 3.38. The van der Waals surface area contributed by atoms with Crippen LogP contribution in [-0.4, -0.2) is 74.5 Å². The third-order valence-electron chi connectivity index (χ3n) is 6.12. The number of para-hydroxylation sites is 1. The fourth-order valence-electron chi connectivity index (χ4n) is 4.60. The zero-order valence-electron chi connectivity index (χ0n) is 16.9. The number of piperidine rings is 1. The summed E-state index contributed by atoms with van der Waals surface area (Å²) in [4.78, 5) is 2.34. The van der Waals surface area contributed by atoms with Crippen molar-refractivity contribution in [2.45, 2.75) is 37.7 Å². The van der Waals surface area contributed by atoms with Crippen molar-refractivity contribution >= 4 is 28.1 Å². The van der Waals surface area contributed by atoms with E-state index in [2.05, 4.69) is 9.62 Å². The van der Waals surface area contributed by atoms with Crippen LogP contribution < -0.4 is 4.72 Å². The summed E-state index contributed by atoms with van der Waals surface area (Å²) in [7, 11) is -5.50. The lowest BCUT2D eigenvalue weighted by Gasteiger charge is -2.36. The van der Waals surface area contributed by atoms with Crippen molar-refractivity contribution in [1.29, 1.82) is 0 Å². The highest BCUT2D eigenvalue weighted by Gasteiger charge is 2.34. The van der Waals surface area contributed by atoms with Crippen LogP contribution in [0.3, 0.4) is 0 Å². The summed E-state index contributed by atoms with van der Waals surface area (Å²) in [5, 5.41) is 20.5. The van der Waals surface area contributed by atoms with Crippen molar-refractivity contribution in [3.63, 3.8) is 0 Å². The summed E-state index contributed by atoms with van der Waals surface area (Å²) in [6.07, 6.45) is 4.48. The van der Waals surface area contributed by atoms with Crippen LogP contribution in [0.15, 0.2) is 34.9 Å². The van der Waals surface area contributed by atoms with E-state index in [0.717, 1.165) is 56.5 Å². The van der Waals surface area contributed by atoms with E-state index in [1.54, 1.807) is 0 Å². The van der Waals surface area contributed by atoms with Gasteiger partial charge in [-0.3, -0.25) is 4.90 Å². The Hall–Kier alpha value is -1.43. The Morgan fingerprint density at radius 2 is 2.10 bits per heavy atom. The minimum atomic E-state index is -3.69. The van der Waals surface area contributed by atoms with Crippen LogP contribution in [-0.2, 0) is 21.2 Å². The Labute approximate surface area is 177 Å². The van der Waals surface area contributed by atoms with Gasteiger partial charge in [-0.25, -0.2) is 13.1 Å². The Kier molecular flexibility index (Phi) is 6.81. The molecule has 10 heteroatoms. The third-order valence-corrected chi connectivity index (χ3v) is 7.69. The SMILES string of the molecule is O=S(=O)(CC1CCCN(C2CCOC2)C1)N[C@@H](Cc1coc2ccccc12)B(O)O. The molecule has 0 spiro atoms. The zero-order valence-corrected chi connectivity index (χ0v) is 17.8. The van der Waals surface area contributed by atoms with Gasteiger partial charge in [0.25, 0.3) is 0 Å². The van der Waals surface area contributed by atoms with E-state index in [1.807, 2.05) is 24.3 Å². The number of nitrogens with zero attached hydrogens (tertiary/aromatic N) is 1. The molecule has 2 saturated heterocycles. The molecule has 4 rings (SSSR count). The van der Waals surface area contributed by atoms with E-state index in [-0.39, 0.29) is 18.1 Å². The van der Waals surface area contributed by atoms with Gasteiger partial charge in [0.05, 0.1) is 24.6 Å². The molecule has 1 aromatic carbocycles. The first kappa shape index (κ1) is 21.8. The molecule has 0 aliphatic carbocycles. The average molecular weight is 436 g/mol. The fraction of sp³-hybridized carbons (Fsp3) is 0.600. The second kappa shape index (κ2) is 9.38. The molecule has 8 nitrogen and oxygen atoms in total. The molecule has 3 atom stereocenters. The Morgan fingerprint density at radius 3 is 2.87 bits per heavy atom. The molecule has 0 radical (unpaired) electrons. The van der Waals surface area contributed by atoms with Crippen LogP contribution in [0.1, 0.15) is 24.8 Å². The van der Waals surface area contributed by atoms with Crippen molar-refractivity contribution < 1.29 is 27.6 Å². The molecular formula is C20H29BN2O6S. The van der Waals surface area contributed by atoms with Crippen LogP contribution in [0.5, 0.6) is 0 Å². The highest BCUT2D eigenvalue weighted by atomic mass is 32.2. The van der Waals surface area contributed by atoms with Crippen molar-refractivity contribution in [2.75, 3.05) is 32.1 Å². The van der Waals surface area contributed by atoms with Crippen LogP contribution >= 0.6 is 0 Å². The summed E-state index contributed by atoms with van der Waals surface area (Å²) in [5.74, 6) is -1.05. The van der Waals surface area contributed by atoms with Gasteiger partial charge in [-0.1, -0.05) is 18.2 Å². The second-order valence-electron chi connectivity index (χ2n) is 8.40. The van der Waals surface area contributed by atoms with Crippen molar-refractivity contribution in [1.82, 2.24) is 9.62 Å². The van der Waals surface area contributed by atoms with Gasteiger partial charge in [-0.05, 0) is 49.8 Å². The van der Waals surface area contributed by atoms with Crippen molar-refractivity contribution in [2.24, 2.45) is 5.92 Å². The number of furan rings is 1. The van der Waals surface area contributed by atoms with Crippen LogP contribution in [0.2, 0.25) is 0 Å². The van der Waals surface area contributed by atoms with E-state index in [9.17, 15) is 18.5 Å². The molecule has 3 N–H and O–H groups in total. The smallest absolute Gasteiger partial charge is 0.464 e. The Bertz CT molecular complexity index is 944. The highest BCUT2D eigenvalue weighted by molar-refractivity contribution is 7.89. The normalized spacial score (nSPS) is 24.3. The number of hydrogen-bond acceptors (Lipinski definition) is 7. The molecule has 2 aliphatic rings. The minimum absolute atomic E-state index is 0.0168. The quantitative estimate of drug-likeness (QED) is 0.525. The number of nitrogens with one attached hydrogen (secondary N) is 1. The lowest BCUT2D eigenvalue weighted by atomic mass is 9.77. The summed E-state index contributed by atoms with van der Waals surface area (Å²) >= 11 is 0. The number of fused-ring (bicyclic) bond motifs is 1. The summed E-state index contributed by atoms with van der Waals surface area (Å²) < 4.78 is 39.1. The first-order chi connectivity index (χ1) is 14.4. The molecule has 0 bridgehead atoms. The molecule has 2 aromatic rings. The van der Waals surface area contributed by atoms with Crippen LogP contribution in [0.4, 0.5) is 0 Å². The van der Waals surface area contributed by atoms with Crippen molar-refractivity contribution in [3.05, 3.63) is 36.1 Å². The lowest BCUT2D eigenvalue weighted by Crippen LogP contribution is -2.50. The first-order valence-electron chi connectivity index (χ1n) is 10.5. The summed E-state index contributed by atoms with van der Waals surface area (Å²) in [6, 6.07) is 7.77. The van der Waals surface area contributed by atoms with Crippen molar-refractivity contribution in [3.8, 4) is 0 Å². The molecule has 0 saturated carbocycles. The summed E-state index contributed by atoms with van der Waals surface area (Å²) in [5.41, 5.74) is 1.41. The molecule has 2 fully saturated rings. The molecule has 0 amide bonds. The van der Waals surface area contributed by atoms with E-state index < -0.39 is 23.1 Å². The van der Waals surface area contributed by atoms with Gasteiger partial charge in [0.2, 0.25) is 10.0 Å². The topological polar surface area (TPSA) is 112 Å². The molecular weight excluding hydrogens is 407 g/mol. The fourth-order valence-corrected chi connectivity index (χ4v) is 6.26. The molecule has 1 aromatic heterocycles. The number of likely N-dealkylation sites (tertiary alicyclic amines) is 1. The number of sulfonamides is 1. The maximum absolute atomic E-state index is 12.8. The predicted molar refractivity (Wildman–Crippen MR) is 114 cm³/mol. The standard InChI is InChI=1S/C20H29BN2O6S/c24-21(25)20(10-16-12-29-19-6-2-1-5-18(16)19)22-30(26,27)14-15-4-3-8-23(11-15)17-7-9-28-13-17/h1-2,5-6,12,15,17,20,22,24-25H,3-4,7-11,13-14H2/t15?,17?,20-/m0/s1. The van der Waals surface area contributed by atoms with Crippen LogP contribution in [0.25, 0.3) is 11.0 Å². The van der Waals surface area contributed by atoms with Gasteiger partial charge in [-0.2, -0.15) is 0 Å². The molecule has 164 valence electrons. The minimum Gasteiger partial charge on any atom is -0.464 e. The lowest BCUT2D eigenvalue weighted by molar-refractivity contribution is 0.108. The van der Waals surface area contributed by atoms with Gasteiger partial charge < -0.3 is 19.2 Å².